The van der Waals surface area contributed by atoms with Gasteiger partial charge in [0.15, 0.2) is 0 Å². The van der Waals surface area contributed by atoms with E-state index in [0.29, 0.717) is 0 Å². The Morgan fingerprint density at radius 2 is 2.00 bits per heavy atom. The van der Waals surface area contributed by atoms with Gasteiger partial charge in [0.2, 0.25) is 0 Å². The molecule has 1 N–H and O–H groups in total. The molecule has 13 heavy (non-hydrogen) atoms. The van der Waals surface area contributed by atoms with E-state index in [4.69, 9.17) is 4.74 Å². The molecule has 0 aromatic carbocycles. The number of carbonyl (C=O) groups excluding carboxylic acids is 1. The van der Waals surface area contributed by atoms with Crippen molar-refractivity contribution in [3.63, 3.8) is 0 Å². The van der Waals surface area contributed by atoms with Gasteiger partial charge in [0, 0.05) is 12.1 Å². The molecule has 1 rings (SSSR count). The molecule has 1 atom stereocenters. The number of rotatable bonds is 1. The molecule has 1 aliphatic rings. The highest BCUT2D eigenvalue weighted by Gasteiger charge is 2.44. The second-order valence-corrected chi connectivity index (χ2v) is 5.19. The Morgan fingerprint density at radius 3 is 2.23 bits per heavy atom. The summed E-state index contributed by atoms with van der Waals surface area (Å²) in [6, 6.07) is 0. The third-order valence-corrected chi connectivity index (χ3v) is 2.32. The highest BCUT2D eigenvalue weighted by molar-refractivity contribution is 5.76. The number of carbonyl (C=O) groups is 1. The van der Waals surface area contributed by atoms with Gasteiger partial charge in [-0.05, 0) is 34.6 Å². The molecule has 1 unspecified atom stereocenters. The highest BCUT2D eigenvalue weighted by atomic mass is 16.6. The van der Waals surface area contributed by atoms with Crippen LogP contribution in [0.1, 0.15) is 34.6 Å². The SMILES string of the molecule is CC(C)(C)OC(=O)C1CNC1(C)C. The van der Waals surface area contributed by atoms with E-state index in [2.05, 4.69) is 5.32 Å². The number of hydrogen-bond acceptors (Lipinski definition) is 3. The first-order valence-corrected chi connectivity index (χ1v) is 4.70. The van der Waals surface area contributed by atoms with Crippen molar-refractivity contribution in [1.82, 2.24) is 5.32 Å². The summed E-state index contributed by atoms with van der Waals surface area (Å²) in [5, 5.41) is 3.20. The van der Waals surface area contributed by atoms with Crippen molar-refractivity contribution in [1.29, 1.82) is 0 Å². The first kappa shape index (κ1) is 10.5. The molecule has 3 nitrogen and oxygen atoms in total. The molecule has 3 heteroatoms. The van der Waals surface area contributed by atoms with Gasteiger partial charge >= 0.3 is 5.97 Å². The summed E-state index contributed by atoms with van der Waals surface area (Å²) in [6.45, 7) is 10.5. The average Bonchev–Trinajstić information content (AvgIpc) is 1.80. The van der Waals surface area contributed by atoms with Gasteiger partial charge in [-0.1, -0.05) is 0 Å². The Morgan fingerprint density at radius 1 is 1.46 bits per heavy atom. The van der Waals surface area contributed by atoms with Gasteiger partial charge in [0.25, 0.3) is 0 Å². The first-order valence-electron chi connectivity index (χ1n) is 4.70. The highest BCUT2D eigenvalue weighted by Crippen LogP contribution is 2.27. The molecule has 0 amide bonds. The Labute approximate surface area is 79.8 Å². The van der Waals surface area contributed by atoms with Crippen LogP contribution >= 0.6 is 0 Å². The van der Waals surface area contributed by atoms with Gasteiger partial charge in [-0.25, -0.2) is 0 Å². The quantitative estimate of drug-likeness (QED) is 0.626. The Balaban J connectivity index is 2.50. The maximum Gasteiger partial charge on any atom is 0.312 e. The second kappa shape index (κ2) is 2.98. The summed E-state index contributed by atoms with van der Waals surface area (Å²) >= 11 is 0. The lowest BCUT2D eigenvalue weighted by atomic mass is 9.80. The van der Waals surface area contributed by atoms with Crippen LogP contribution in [0.3, 0.4) is 0 Å². The number of nitrogens with one attached hydrogen (secondary N) is 1. The van der Waals surface area contributed by atoms with Crippen LogP contribution < -0.4 is 5.32 Å². The lowest BCUT2D eigenvalue weighted by Crippen LogP contribution is -2.64. The van der Waals surface area contributed by atoms with Gasteiger partial charge in [0.1, 0.15) is 5.60 Å². The predicted molar refractivity (Wildman–Crippen MR) is 51.4 cm³/mol. The van der Waals surface area contributed by atoms with Crippen molar-refractivity contribution in [3.05, 3.63) is 0 Å². The van der Waals surface area contributed by atoms with Crippen LogP contribution in [0.5, 0.6) is 0 Å². The molecule has 0 aromatic heterocycles. The summed E-state index contributed by atoms with van der Waals surface area (Å²) in [7, 11) is 0. The maximum absolute atomic E-state index is 11.6. The minimum atomic E-state index is -0.372. The van der Waals surface area contributed by atoms with Crippen molar-refractivity contribution in [2.45, 2.75) is 45.8 Å². The molecular formula is C10H19NO2. The molecule has 0 spiro atoms. The lowest BCUT2D eigenvalue weighted by Gasteiger charge is -2.44. The van der Waals surface area contributed by atoms with Crippen LogP contribution in [0.4, 0.5) is 0 Å². The van der Waals surface area contributed by atoms with Crippen LogP contribution in [0.2, 0.25) is 0 Å². The van der Waals surface area contributed by atoms with Crippen LogP contribution in [-0.2, 0) is 9.53 Å². The molecule has 0 radical (unpaired) electrons. The zero-order chi connectivity index (χ0) is 10.3. The summed E-state index contributed by atoms with van der Waals surface area (Å²) in [4.78, 5) is 11.6. The Bertz CT molecular complexity index is 215. The number of ether oxygens (including phenoxy) is 1. The van der Waals surface area contributed by atoms with E-state index in [0.717, 1.165) is 6.54 Å². The van der Waals surface area contributed by atoms with Crippen LogP contribution in [-0.4, -0.2) is 23.7 Å². The van der Waals surface area contributed by atoms with Crippen molar-refractivity contribution in [3.8, 4) is 0 Å². The minimum absolute atomic E-state index is 0.00623. The molecule has 1 aliphatic heterocycles. The average molecular weight is 185 g/mol. The standard InChI is InChI=1S/C10H19NO2/c1-9(2,3)13-8(12)7-6-11-10(7,4)5/h7,11H,6H2,1-5H3. The van der Waals surface area contributed by atoms with Crippen LogP contribution in [0.25, 0.3) is 0 Å². The predicted octanol–water partition coefficient (Wildman–Crippen LogP) is 1.33. The normalized spacial score (nSPS) is 26.4. The topological polar surface area (TPSA) is 38.3 Å². The van der Waals surface area contributed by atoms with Crippen LogP contribution in [0.15, 0.2) is 0 Å². The summed E-state index contributed by atoms with van der Waals surface area (Å²) in [6.07, 6.45) is 0. The monoisotopic (exact) mass is 185 g/mol. The third-order valence-electron chi connectivity index (χ3n) is 2.32. The molecule has 1 heterocycles. The Hall–Kier alpha value is -0.570. The van der Waals surface area contributed by atoms with E-state index < -0.39 is 0 Å². The minimum Gasteiger partial charge on any atom is -0.460 e. The van der Waals surface area contributed by atoms with E-state index >= 15 is 0 Å². The van der Waals surface area contributed by atoms with E-state index in [-0.39, 0.29) is 23.0 Å². The molecule has 0 aromatic rings. The number of hydrogen-bond donors (Lipinski definition) is 1. The van der Waals surface area contributed by atoms with Gasteiger partial charge in [0.05, 0.1) is 5.92 Å². The maximum atomic E-state index is 11.6. The Kier molecular flexibility index (Phi) is 2.41. The smallest absolute Gasteiger partial charge is 0.312 e. The lowest BCUT2D eigenvalue weighted by molar-refractivity contribution is -0.166. The molecule has 0 aliphatic carbocycles. The van der Waals surface area contributed by atoms with Crippen molar-refractivity contribution < 1.29 is 9.53 Å². The largest absolute Gasteiger partial charge is 0.460 e. The van der Waals surface area contributed by atoms with Gasteiger partial charge in [-0.15, -0.1) is 0 Å². The molecule has 0 saturated carbocycles. The van der Waals surface area contributed by atoms with Crippen LogP contribution in [0, 0.1) is 5.92 Å². The van der Waals surface area contributed by atoms with E-state index in [1.807, 2.05) is 34.6 Å². The molecule has 1 saturated heterocycles. The molecule has 76 valence electrons. The third kappa shape index (κ3) is 2.44. The fraction of sp³-hybridized carbons (Fsp3) is 0.900. The van der Waals surface area contributed by atoms with E-state index in [1.165, 1.54) is 0 Å². The summed E-state index contributed by atoms with van der Waals surface area (Å²) in [5.41, 5.74) is -0.467. The molecular weight excluding hydrogens is 166 g/mol. The van der Waals surface area contributed by atoms with Gasteiger partial charge in [-0.2, -0.15) is 0 Å². The zero-order valence-corrected chi connectivity index (χ0v) is 9.10. The second-order valence-electron chi connectivity index (χ2n) is 5.19. The van der Waals surface area contributed by atoms with E-state index in [9.17, 15) is 4.79 Å². The first-order chi connectivity index (χ1) is 5.72. The fourth-order valence-electron chi connectivity index (χ4n) is 1.36. The molecule has 0 bridgehead atoms. The summed E-state index contributed by atoms with van der Waals surface area (Å²) < 4.78 is 5.30. The van der Waals surface area contributed by atoms with E-state index in [1.54, 1.807) is 0 Å². The van der Waals surface area contributed by atoms with Crippen molar-refractivity contribution in [2.75, 3.05) is 6.54 Å². The molecule has 1 fully saturated rings. The fourth-order valence-corrected chi connectivity index (χ4v) is 1.36. The van der Waals surface area contributed by atoms with Crippen molar-refractivity contribution >= 4 is 5.97 Å². The van der Waals surface area contributed by atoms with Crippen molar-refractivity contribution in [2.24, 2.45) is 5.92 Å². The summed E-state index contributed by atoms with van der Waals surface area (Å²) in [5.74, 6) is -0.0806. The van der Waals surface area contributed by atoms with Gasteiger partial charge < -0.3 is 10.1 Å². The zero-order valence-electron chi connectivity index (χ0n) is 9.10. The number of esters is 1. The van der Waals surface area contributed by atoms with Gasteiger partial charge in [-0.3, -0.25) is 4.79 Å².